The molecule has 1 N–H and O–H groups in total. The van der Waals surface area contributed by atoms with Gasteiger partial charge in [0.2, 0.25) is 5.91 Å². The molecule has 0 spiro atoms. The highest BCUT2D eigenvalue weighted by atomic mass is 32.2. The summed E-state index contributed by atoms with van der Waals surface area (Å²) in [5.41, 5.74) is 2.57. The molecule has 0 fully saturated rings. The summed E-state index contributed by atoms with van der Waals surface area (Å²) in [7, 11) is 1.86. The quantitative estimate of drug-likeness (QED) is 0.385. The smallest absolute Gasteiger partial charge is 0.269 e. The molecule has 2 aromatic carbocycles. The molecule has 1 aromatic heterocycles. The van der Waals surface area contributed by atoms with Crippen LogP contribution in [0.5, 0.6) is 0 Å². The van der Waals surface area contributed by atoms with E-state index < -0.39 is 10.2 Å². The second-order valence-corrected chi connectivity index (χ2v) is 7.60. The van der Waals surface area contributed by atoms with Crippen LogP contribution in [0.3, 0.4) is 0 Å². The molecule has 0 saturated heterocycles. The molecular formula is C19H19N5O3S. The predicted molar refractivity (Wildman–Crippen MR) is 108 cm³/mol. The molecule has 8 nitrogen and oxygen atoms in total. The zero-order chi connectivity index (χ0) is 20.3. The number of benzene rings is 2. The number of non-ortho nitro benzene ring substituents is 1. The highest BCUT2D eigenvalue weighted by molar-refractivity contribution is 8.00. The first-order valence-corrected chi connectivity index (χ1v) is 9.41. The number of carbonyl (C=O) groups is 1. The van der Waals surface area contributed by atoms with Gasteiger partial charge in [0.05, 0.1) is 10.2 Å². The molecule has 3 rings (SSSR count). The van der Waals surface area contributed by atoms with E-state index in [-0.39, 0.29) is 11.6 Å². The van der Waals surface area contributed by atoms with E-state index in [4.69, 9.17) is 0 Å². The lowest BCUT2D eigenvalue weighted by molar-refractivity contribution is -0.384. The van der Waals surface area contributed by atoms with Gasteiger partial charge in [-0.3, -0.25) is 14.9 Å². The number of rotatable bonds is 6. The molecule has 0 saturated carbocycles. The highest BCUT2D eigenvalue weighted by Gasteiger charge is 2.20. The molecule has 0 aliphatic rings. The average Bonchev–Trinajstić information content (AvgIpc) is 3.02. The van der Waals surface area contributed by atoms with Gasteiger partial charge in [0.15, 0.2) is 11.0 Å². The van der Waals surface area contributed by atoms with Crippen molar-refractivity contribution < 1.29 is 9.72 Å². The van der Waals surface area contributed by atoms with Crippen molar-refractivity contribution in [1.82, 2.24) is 14.8 Å². The number of hydrogen-bond acceptors (Lipinski definition) is 6. The van der Waals surface area contributed by atoms with Gasteiger partial charge in [0, 0.05) is 30.4 Å². The van der Waals surface area contributed by atoms with Crippen LogP contribution < -0.4 is 5.32 Å². The third-order valence-electron chi connectivity index (χ3n) is 4.11. The van der Waals surface area contributed by atoms with Crippen LogP contribution in [0.15, 0.2) is 53.7 Å². The normalized spacial score (nSPS) is 11.8. The molecule has 28 heavy (non-hydrogen) atoms. The predicted octanol–water partition coefficient (Wildman–Crippen LogP) is 3.82. The van der Waals surface area contributed by atoms with Crippen LogP contribution in [0.2, 0.25) is 0 Å². The molecule has 0 aliphatic carbocycles. The summed E-state index contributed by atoms with van der Waals surface area (Å²) in [6.45, 7) is 3.78. The molecule has 3 aromatic rings. The van der Waals surface area contributed by atoms with Crippen LogP contribution in [-0.2, 0) is 11.8 Å². The third-order valence-corrected chi connectivity index (χ3v) is 5.24. The molecular weight excluding hydrogens is 378 g/mol. The minimum atomic E-state index is -0.482. The van der Waals surface area contributed by atoms with Crippen molar-refractivity contribution in [1.29, 1.82) is 0 Å². The Morgan fingerprint density at radius 1 is 1.21 bits per heavy atom. The maximum absolute atomic E-state index is 12.4. The minimum Gasteiger partial charge on any atom is -0.325 e. The van der Waals surface area contributed by atoms with Crippen molar-refractivity contribution in [3.05, 3.63) is 64.2 Å². The molecule has 0 aliphatic heterocycles. The van der Waals surface area contributed by atoms with Crippen LogP contribution in [0, 0.1) is 17.0 Å². The van der Waals surface area contributed by atoms with E-state index >= 15 is 0 Å². The van der Waals surface area contributed by atoms with Crippen LogP contribution in [-0.4, -0.2) is 30.8 Å². The Balaban J connectivity index is 1.68. The van der Waals surface area contributed by atoms with E-state index in [9.17, 15) is 14.9 Å². The second-order valence-electron chi connectivity index (χ2n) is 6.29. The highest BCUT2D eigenvalue weighted by Crippen LogP contribution is 2.27. The van der Waals surface area contributed by atoms with Gasteiger partial charge < -0.3 is 9.88 Å². The maximum atomic E-state index is 12.4. The van der Waals surface area contributed by atoms with E-state index in [1.807, 2.05) is 42.8 Å². The van der Waals surface area contributed by atoms with E-state index in [1.165, 1.54) is 36.0 Å². The molecule has 9 heteroatoms. The number of anilines is 1. The van der Waals surface area contributed by atoms with Gasteiger partial charge >= 0.3 is 0 Å². The Morgan fingerprint density at radius 2 is 1.93 bits per heavy atom. The van der Waals surface area contributed by atoms with Crippen LogP contribution in [0.25, 0.3) is 11.4 Å². The van der Waals surface area contributed by atoms with Gasteiger partial charge in [0.1, 0.15) is 0 Å². The summed E-state index contributed by atoms with van der Waals surface area (Å²) in [4.78, 5) is 22.7. The van der Waals surface area contributed by atoms with Gasteiger partial charge in [-0.25, -0.2) is 0 Å². The SMILES string of the molecule is Cc1cccc(-c2nnc(SC(C)C(=O)Nc3ccc([N+](=O)[O-])cc3)n2C)c1. The van der Waals surface area contributed by atoms with Crippen molar-refractivity contribution in [2.75, 3.05) is 5.32 Å². The fourth-order valence-corrected chi connectivity index (χ4v) is 3.39. The monoisotopic (exact) mass is 397 g/mol. The lowest BCUT2D eigenvalue weighted by Gasteiger charge is -2.11. The Hall–Kier alpha value is -3.20. The Kier molecular flexibility index (Phi) is 5.74. The van der Waals surface area contributed by atoms with Crippen molar-refractivity contribution in [3.8, 4) is 11.4 Å². The third kappa shape index (κ3) is 4.37. The number of aryl methyl sites for hydroxylation is 1. The molecule has 1 amide bonds. The van der Waals surface area contributed by atoms with E-state index in [1.54, 1.807) is 6.92 Å². The number of nitro groups is 1. The molecule has 1 unspecified atom stereocenters. The fraction of sp³-hybridized carbons (Fsp3) is 0.211. The molecule has 1 atom stereocenters. The number of nitrogens with one attached hydrogen (secondary N) is 1. The Labute approximate surface area is 166 Å². The number of thioether (sulfide) groups is 1. The zero-order valence-electron chi connectivity index (χ0n) is 15.6. The summed E-state index contributed by atoms with van der Waals surface area (Å²) in [5, 5.41) is 22.1. The fourth-order valence-electron chi connectivity index (χ4n) is 2.58. The molecule has 0 bridgehead atoms. The minimum absolute atomic E-state index is 0.0248. The van der Waals surface area contributed by atoms with Crippen molar-refractivity contribution in [3.63, 3.8) is 0 Å². The summed E-state index contributed by atoms with van der Waals surface area (Å²) < 4.78 is 1.86. The maximum Gasteiger partial charge on any atom is 0.269 e. The van der Waals surface area contributed by atoms with Gasteiger partial charge in [-0.15, -0.1) is 10.2 Å². The second kappa shape index (κ2) is 8.22. The van der Waals surface area contributed by atoms with Crippen molar-refractivity contribution in [2.45, 2.75) is 24.3 Å². The van der Waals surface area contributed by atoms with Gasteiger partial charge in [-0.05, 0) is 32.0 Å². The van der Waals surface area contributed by atoms with Gasteiger partial charge in [-0.1, -0.05) is 35.5 Å². The first kappa shape index (κ1) is 19.6. The topological polar surface area (TPSA) is 103 Å². The van der Waals surface area contributed by atoms with E-state index in [0.29, 0.717) is 10.8 Å². The average molecular weight is 397 g/mol. The molecule has 144 valence electrons. The Bertz CT molecular complexity index is 1020. The van der Waals surface area contributed by atoms with Gasteiger partial charge in [0.25, 0.3) is 5.69 Å². The first-order chi connectivity index (χ1) is 13.3. The van der Waals surface area contributed by atoms with E-state index in [0.717, 1.165) is 17.0 Å². The number of nitro benzene ring substituents is 1. The number of carbonyl (C=O) groups excluding carboxylic acids is 1. The summed E-state index contributed by atoms with van der Waals surface area (Å²) >= 11 is 1.29. The van der Waals surface area contributed by atoms with Crippen LogP contribution in [0.1, 0.15) is 12.5 Å². The molecule has 1 heterocycles. The molecule has 0 radical (unpaired) electrons. The van der Waals surface area contributed by atoms with Crippen molar-refractivity contribution in [2.24, 2.45) is 7.05 Å². The van der Waals surface area contributed by atoms with Gasteiger partial charge in [-0.2, -0.15) is 0 Å². The zero-order valence-corrected chi connectivity index (χ0v) is 16.4. The Morgan fingerprint density at radius 3 is 2.57 bits per heavy atom. The standard InChI is InChI=1S/C19H19N5O3S/c1-12-5-4-6-14(11-12)17-21-22-19(23(17)3)28-13(2)18(25)20-15-7-9-16(10-8-15)24(26)27/h4-11,13H,1-3H3,(H,20,25). The largest absolute Gasteiger partial charge is 0.325 e. The number of aromatic nitrogens is 3. The lowest BCUT2D eigenvalue weighted by Crippen LogP contribution is -2.22. The summed E-state index contributed by atoms with van der Waals surface area (Å²) in [5.74, 6) is 0.508. The van der Waals surface area contributed by atoms with Crippen LogP contribution in [0.4, 0.5) is 11.4 Å². The number of nitrogens with zero attached hydrogens (tertiary/aromatic N) is 4. The summed E-state index contributed by atoms with van der Waals surface area (Å²) in [6.07, 6.45) is 0. The number of amides is 1. The summed E-state index contributed by atoms with van der Waals surface area (Å²) in [6, 6.07) is 13.7. The first-order valence-electron chi connectivity index (χ1n) is 8.53. The van der Waals surface area contributed by atoms with Crippen molar-refractivity contribution >= 4 is 29.0 Å². The van der Waals surface area contributed by atoms with Crippen LogP contribution >= 0.6 is 11.8 Å². The lowest BCUT2D eigenvalue weighted by atomic mass is 10.1. The van der Waals surface area contributed by atoms with E-state index in [2.05, 4.69) is 15.5 Å². The number of hydrogen-bond donors (Lipinski definition) is 1.